The van der Waals surface area contributed by atoms with E-state index in [9.17, 15) is 9.59 Å². The van der Waals surface area contributed by atoms with E-state index in [1.165, 1.54) is 31.0 Å². The Morgan fingerprint density at radius 2 is 2.00 bits per heavy atom. The molecular weight excluding hydrogens is 426 g/mol. The van der Waals surface area contributed by atoms with Crippen LogP contribution in [0.3, 0.4) is 0 Å². The van der Waals surface area contributed by atoms with Crippen molar-refractivity contribution in [1.82, 2.24) is 4.90 Å². The minimum Gasteiger partial charge on any atom is -0.326 e. The molecule has 1 N–H and O–H groups in total. The third kappa shape index (κ3) is 5.45. The molecule has 2 aliphatic rings. The molecule has 7 heteroatoms. The zero-order chi connectivity index (χ0) is 19.2. The molecule has 27 heavy (non-hydrogen) atoms. The molecule has 3 rings (SSSR count). The summed E-state index contributed by atoms with van der Waals surface area (Å²) in [6.07, 6.45) is 7.66. The second kappa shape index (κ2) is 9.55. The van der Waals surface area contributed by atoms with Gasteiger partial charge >= 0.3 is 0 Å². The number of amides is 2. The summed E-state index contributed by atoms with van der Waals surface area (Å²) in [6.45, 7) is 4.18. The molecule has 2 fully saturated rings. The maximum absolute atomic E-state index is 12.8. The highest BCUT2D eigenvalue weighted by atomic mass is 79.9. The Morgan fingerprint density at radius 1 is 1.30 bits per heavy atom. The average molecular weight is 450 g/mol. The van der Waals surface area contributed by atoms with Crippen molar-refractivity contribution in [3.8, 4) is 0 Å². The number of amidine groups is 1. The lowest BCUT2D eigenvalue weighted by atomic mass is 9.96. The molecule has 0 radical (unpaired) electrons. The van der Waals surface area contributed by atoms with Gasteiger partial charge in [-0.25, -0.2) is 0 Å². The number of rotatable bonds is 6. The maximum atomic E-state index is 12.8. The molecule has 144 valence electrons. The third-order valence-corrected chi connectivity index (χ3v) is 6.42. The average Bonchev–Trinajstić information content (AvgIpc) is 2.93. The van der Waals surface area contributed by atoms with Gasteiger partial charge in [-0.2, -0.15) is 0 Å². The lowest BCUT2D eigenvalue weighted by Crippen LogP contribution is -2.34. The summed E-state index contributed by atoms with van der Waals surface area (Å²) < 4.78 is 0.950. The van der Waals surface area contributed by atoms with E-state index in [1.807, 2.05) is 24.3 Å². The topological polar surface area (TPSA) is 61.8 Å². The Kier molecular flexibility index (Phi) is 7.13. The number of hydrogen-bond acceptors (Lipinski definition) is 4. The van der Waals surface area contributed by atoms with Crippen LogP contribution in [0.2, 0.25) is 0 Å². The predicted octanol–water partition coefficient (Wildman–Crippen LogP) is 4.60. The second-order valence-electron chi connectivity index (χ2n) is 6.81. The van der Waals surface area contributed by atoms with Gasteiger partial charge in [-0.3, -0.25) is 19.5 Å². The normalized spacial score (nSPS) is 22.3. The van der Waals surface area contributed by atoms with Crippen LogP contribution in [0, 0.1) is 0 Å². The van der Waals surface area contributed by atoms with Crippen LogP contribution in [0.25, 0.3) is 0 Å². The van der Waals surface area contributed by atoms with Gasteiger partial charge in [0.15, 0.2) is 5.17 Å². The van der Waals surface area contributed by atoms with Crippen LogP contribution < -0.4 is 5.32 Å². The number of aliphatic imine (C=N–C) groups is 1. The van der Waals surface area contributed by atoms with Crippen LogP contribution in [0.1, 0.15) is 38.5 Å². The highest BCUT2D eigenvalue weighted by Crippen LogP contribution is 2.32. The number of thioether (sulfide) groups is 1. The summed E-state index contributed by atoms with van der Waals surface area (Å²) in [4.78, 5) is 31.7. The highest BCUT2D eigenvalue weighted by molar-refractivity contribution is 9.10. The van der Waals surface area contributed by atoms with E-state index in [-0.39, 0.29) is 24.3 Å². The van der Waals surface area contributed by atoms with Crippen molar-refractivity contribution in [1.29, 1.82) is 0 Å². The minimum atomic E-state index is -0.428. The van der Waals surface area contributed by atoms with E-state index in [4.69, 9.17) is 4.99 Å². The first kappa shape index (κ1) is 20.1. The molecule has 0 aromatic heterocycles. The molecule has 1 saturated carbocycles. The van der Waals surface area contributed by atoms with Crippen molar-refractivity contribution in [3.63, 3.8) is 0 Å². The van der Waals surface area contributed by atoms with E-state index >= 15 is 0 Å². The molecule has 1 unspecified atom stereocenters. The summed E-state index contributed by atoms with van der Waals surface area (Å²) >= 11 is 4.78. The van der Waals surface area contributed by atoms with E-state index in [1.54, 1.807) is 11.0 Å². The number of benzene rings is 1. The number of anilines is 1. The first-order valence-electron chi connectivity index (χ1n) is 9.29. The summed E-state index contributed by atoms with van der Waals surface area (Å²) in [5.74, 6) is -0.221. The predicted molar refractivity (Wildman–Crippen MR) is 115 cm³/mol. The van der Waals surface area contributed by atoms with Crippen LogP contribution in [-0.4, -0.2) is 39.7 Å². The zero-order valence-electron chi connectivity index (χ0n) is 15.2. The van der Waals surface area contributed by atoms with Gasteiger partial charge in [-0.05, 0) is 37.1 Å². The van der Waals surface area contributed by atoms with Crippen LogP contribution in [0.5, 0.6) is 0 Å². The fraction of sp³-hybridized carbons (Fsp3) is 0.450. The Hall–Kier alpha value is -1.60. The SMILES string of the molecule is C=CCN1C(=O)C(CC(=O)Nc2ccc(Br)cc2)SC1=NC1CCCCC1. The minimum absolute atomic E-state index is 0.0552. The van der Waals surface area contributed by atoms with Crippen molar-refractivity contribution < 1.29 is 9.59 Å². The summed E-state index contributed by atoms with van der Waals surface area (Å²) in [6, 6.07) is 7.67. The monoisotopic (exact) mass is 449 g/mol. The molecule has 1 atom stereocenters. The highest BCUT2D eigenvalue weighted by Gasteiger charge is 2.39. The first-order chi connectivity index (χ1) is 13.1. The summed E-state index contributed by atoms with van der Waals surface area (Å²) in [5, 5.41) is 3.17. The lowest BCUT2D eigenvalue weighted by molar-refractivity contribution is -0.127. The van der Waals surface area contributed by atoms with Gasteiger partial charge in [0, 0.05) is 23.1 Å². The van der Waals surface area contributed by atoms with Gasteiger partial charge in [0.1, 0.15) is 5.25 Å². The molecule has 1 aromatic rings. The van der Waals surface area contributed by atoms with Gasteiger partial charge in [0.2, 0.25) is 11.8 Å². The number of carbonyl (C=O) groups is 2. The molecular formula is C20H24BrN3O2S. The van der Waals surface area contributed by atoms with E-state index in [0.29, 0.717) is 6.54 Å². The van der Waals surface area contributed by atoms with E-state index in [2.05, 4.69) is 27.8 Å². The molecule has 0 bridgehead atoms. The van der Waals surface area contributed by atoms with Gasteiger partial charge in [-0.1, -0.05) is 53.0 Å². The smallest absolute Gasteiger partial charge is 0.242 e. The van der Waals surface area contributed by atoms with E-state index in [0.717, 1.165) is 28.2 Å². The third-order valence-electron chi connectivity index (χ3n) is 4.70. The molecule has 1 aliphatic heterocycles. The van der Waals surface area contributed by atoms with Gasteiger partial charge in [-0.15, -0.1) is 6.58 Å². The number of hydrogen-bond donors (Lipinski definition) is 1. The molecule has 1 aliphatic carbocycles. The molecule has 2 amide bonds. The van der Waals surface area contributed by atoms with E-state index < -0.39 is 5.25 Å². The molecule has 1 heterocycles. The zero-order valence-corrected chi connectivity index (χ0v) is 17.6. The Morgan fingerprint density at radius 3 is 2.67 bits per heavy atom. The maximum Gasteiger partial charge on any atom is 0.242 e. The van der Waals surface area contributed by atoms with Crippen molar-refractivity contribution >= 4 is 50.4 Å². The molecule has 5 nitrogen and oxygen atoms in total. The van der Waals surface area contributed by atoms with Crippen molar-refractivity contribution in [3.05, 3.63) is 41.4 Å². The van der Waals surface area contributed by atoms with Crippen molar-refractivity contribution in [2.45, 2.75) is 49.8 Å². The molecule has 1 saturated heterocycles. The Balaban J connectivity index is 1.65. The van der Waals surface area contributed by atoms with Crippen LogP contribution in [0.15, 0.2) is 46.4 Å². The number of halogens is 1. The standard InChI is InChI=1S/C20H24BrN3O2S/c1-2-12-24-19(26)17(27-20(24)23-15-6-4-3-5-7-15)13-18(25)22-16-10-8-14(21)9-11-16/h2,8-11,15,17H,1,3-7,12-13H2,(H,22,25). The lowest BCUT2D eigenvalue weighted by Gasteiger charge is -2.20. The fourth-order valence-electron chi connectivity index (χ4n) is 3.32. The largest absolute Gasteiger partial charge is 0.326 e. The summed E-state index contributed by atoms with van der Waals surface area (Å²) in [7, 11) is 0. The first-order valence-corrected chi connectivity index (χ1v) is 11.0. The Bertz CT molecular complexity index is 729. The number of carbonyl (C=O) groups excluding carboxylic acids is 2. The van der Waals surface area contributed by atoms with Crippen LogP contribution >= 0.6 is 27.7 Å². The van der Waals surface area contributed by atoms with Gasteiger partial charge < -0.3 is 5.32 Å². The fourth-order valence-corrected chi connectivity index (χ4v) is 4.80. The van der Waals surface area contributed by atoms with Crippen molar-refractivity contribution in [2.75, 3.05) is 11.9 Å². The summed E-state index contributed by atoms with van der Waals surface area (Å²) in [5.41, 5.74) is 0.720. The molecule has 0 spiro atoms. The van der Waals surface area contributed by atoms with Crippen molar-refractivity contribution in [2.24, 2.45) is 4.99 Å². The number of nitrogens with zero attached hydrogens (tertiary/aromatic N) is 2. The Labute approximate surface area is 172 Å². The number of nitrogens with one attached hydrogen (secondary N) is 1. The van der Waals surface area contributed by atoms with Crippen LogP contribution in [0.4, 0.5) is 5.69 Å². The van der Waals surface area contributed by atoms with Crippen LogP contribution in [-0.2, 0) is 9.59 Å². The van der Waals surface area contributed by atoms with Gasteiger partial charge in [0.25, 0.3) is 0 Å². The molecule has 1 aromatic carbocycles. The second-order valence-corrected chi connectivity index (χ2v) is 8.89. The quantitative estimate of drug-likeness (QED) is 0.645. The van der Waals surface area contributed by atoms with Gasteiger partial charge in [0.05, 0.1) is 6.04 Å².